The summed E-state index contributed by atoms with van der Waals surface area (Å²) >= 11 is 1.65. The summed E-state index contributed by atoms with van der Waals surface area (Å²) in [5, 5.41) is 11.8. The van der Waals surface area contributed by atoms with E-state index in [-0.39, 0.29) is 35.3 Å². The summed E-state index contributed by atoms with van der Waals surface area (Å²) in [7, 11) is 0. The molecule has 24 heavy (non-hydrogen) atoms. The van der Waals surface area contributed by atoms with Gasteiger partial charge < -0.3 is 15.8 Å². The average molecular weight is 342 g/mol. The summed E-state index contributed by atoms with van der Waals surface area (Å²) in [5.41, 5.74) is 7.11. The Hall–Kier alpha value is -2.72. The number of benzene rings is 1. The second kappa shape index (κ2) is 8.22. The normalized spacial score (nSPS) is 10.0. The minimum absolute atomic E-state index is 0.125. The van der Waals surface area contributed by atoms with Crippen LogP contribution in [0.5, 0.6) is 5.88 Å². The molecule has 124 valence electrons. The number of hydrogen-bond acceptors (Lipinski definition) is 6. The van der Waals surface area contributed by atoms with Gasteiger partial charge in [-0.25, -0.2) is 0 Å². The fraction of sp³-hybridized carbons (Fsp3) is 0.235. The minimum atomic E-state index is -0.217. The van der Waals surface area contributed by atoms with Gasteiger partial charge in [0.05, 0.1) is 18.7 Å². The van der Waals surface area contributed by atoms with Crippen molar-refractivity contribution in [3.63, 3.8) is 0 Å². The lowest BCUT2D eigenvalue weighted by molar-refractivity contribution is -0.115. The summed E-state index contributed by atoms with van der Waals surface area (Å²) in [6.07, 6.45) is 2.22. The maximum Gasteiger partial charge on any atom is 0.235 e. The Labute approximate surface area is 145 Å². The van der Waals surface area contributed by atoms with Crippen molar-refractivity contribution in [2.45, 2.75) is 18.2 Å². The molecule has 0 radical (unpaired) electrons. The molecule has 7 heteroatoms. The number of aromatic nitrogens is 1. The number of nitriles is 1. The second-order valence-electron chi connectivity index (χ2n) is 4.89. The van der Waals surface area contributed by atoms with E-state index in [1.807, 2.05) is 36.6 Å². The average Bonchev–Trinajstić information content (AvgIpc) is 2.55. The van der Waals surface area contributed by atoms with Crippen LogP contribution >= 0.6 is 11.8 Å². The van der Waals surface area contributed by atoms with Gasteiger partial charge in [-0.3, -0.25) is 4.79 Å². The highest BCUT2D eigenvalue weighted by atomic mass is 32.2. The number of nitrogen functional groups attached to an aromatic ring is 1. The van der Waals surface area contributed by atoms with E-state index in [0.717, 1.165) is 10.5 Å². The zero-order valence-electron chi connectivity index (χ0n) is 13.5. The molecule has 1 aromatic heterocycles. The van der Waals surface area contributed by atoms with Gasteiger partial charge >= 0.3 is 0 Å². The first-order chi connectivity index (χ1) is 11.6. The first kappa shape index (κ1) is 17.6. The predicted octanol–water partition coefficient (Wildman–Crippen LogP) is 2.84. The number of carbonyl (C=O) groups is 1. The van der Waals surface area contributed by atoms with Crippen LogP contribution in [0, 0.1) is 11.3 Å². The van der Waals surface area contributed by atoms with E-state index in [2.05, 4.69) is 10.3 Å². The largest absolute Gasteiger partial charge is 0.477 e. The third-order valence-corrected chi connectivity index (χ3v) is 3.94. The van der Waals surface area contributed by atoms with E-state index in [1.165, 1.54) is 6.07 Å². The summed E-state index contributed by atoms with van der Waals surface area (Å²) < 4.78 is 5.31. The van der Waals surface area contributed by atoms with Crippen LogP contribution in [0.2, 0.25) is 0 Å². The van der Waals surface area contributed by atoms with Crippen LogP contribution in [0.15, 0.2) is 35.2 Å². The molecule has 3 N–H and O–H groups in total. The van der Waals surface area contributed by atoms with Gasteiger partial charge in [-0.05, 0) is 30.9 Å². The highest BCUT2D eigenvalue weighted by Gasteiger charge is 2.13. The molecule has 6 nitrogen and oxygen atoms in total. The maximum absolute atomic E-state index is 12.2. The molecule has 1 amide bonds. The summed E-state index contributed by atoms with van der Waals surface area (Å²) in [6, 6.07) is 11.2. The third kappa shape index (κ3) is 4.40. The number of thioether (sulfide) groups is 1. The van der Waals surface area contributed by atoms with Gasteiger partial charge in [0.2, 0.25) is 11.8 Å². The Morgan fingerprint density at radius 1 is 1.42 bits per heavy atom. The highest BCUT2D eigenvalue weighted by Crippen LogP contribution is 2.25. The van der Waals surface area contributed by atoms with E-state index in [4.69, 9.17) is 15.7 Å². The summed E-state index contributed by atoms with van der Waals surface area (Å²) in [4.78, 5) is 17.5. The number of anilines is 2. The number of pyridine rings is 1. The molecule has 1 heterocycles. The lowest BCUT2D eigenvalue weighted by Crippen LogP contribution is -2.16. The number of ether oxygens (including phenoxy) is 1. The Balaban J connectivity index is 2.12. The lowest BCUT2D eigenvalue weighted by Gasteiger charge is -2.10. The molecule has 0 spiro atoms. The van der Waals surface area contributed by atoms with Gasteiger partial charge in [0, 0.05) is 11.0 Å². The van der Waals surface area contributed by atoms with Crippen molar-refractivity contribution in [3.8, 4) is 11.9 Å². The van der Waals surface area contributed by atoms with E-state index >= 15 is 0 Å². The molecule has 0 fully saturated rings. The topological polar surface area (TPSA) is 101 Å². The molecule has 0 unspecified atom stereocenters. The smallest absolute Gasteiger partial charge is 0.235 e. The number of rotatable bonds is 6. The number of amides is 1. The number of nitrogens with two attached hydrogens (primary N) is 1. The van der Waals surface area contributed by atoms with Crippen molar-refractivity contribution in [1.29, 1.82) is 5.26 Å². The lowest BCUT2D eigenvalue weighted by atomic mass is 10.1. The molecule has 0 bridgehead atoms. The maximum atomic E-state index is 12.2. The van der Waals surface area contributed by atoms with Gasteiger partial charge in [-0.2, -0.15) is 10.2 Å². The van der Waals surface area contributed by atoms with E-state index in [0.29, 0.717) is 6.61 Å². The van der Waals surface area contributed by atoms with E-state index in [1.54, 1.807) is 18.7 Å². The SMILES string of the molecule is CCOc1nc(NC(=O)Cc2ccc(SC)cc2)cc(N)c1C#N. The van der Waals surface area contributed by atoms with Gasteiger partial charge in [0.1, 0.15) is 17.5 Å². The van der Waals surface area contributed by atoms with Crippen molar-refractivity contribution in [3.05, 3.63) is 41.5 Å². The molecule has 0 saturated heterocycles. The fourth-order valence-electron chi connectivity index (χ4n) is 2.07. The molecule has 0 saturated carbocycles. The molecule has 0 aliphatic heterocycles. The Kier molecular flexibility index (Phi) is 6.04. The second-order valence-corrected chi connectivity index (χ2v) is 5.77. The predicted molar refractivity (Wildman–Crippen MR) is 95.1 cm³/mol. The van der Waals surface area contributed by atoms with Gasteiger partial charge in [-0.15, -0.1) is 11.8 Å². The molecule has 0 aliphatic rings. The minimum Gasteiger partial charge on any atom is -0.477 e. The van der Waals surface area contributed by atoms with Crippen LogP contribution < -0.4 is 15.8 Å². The Morgan fingerprint density at radius 3 is 2.71 bits per heavy atom. The summed E-state index contributed by atoms with van der Waals surface area (Å²) in [5.74, 6) is 0.172. The van der Waals surface area contributed by atoms with E-state index in [9.17, 15) is 4.79 Å². The zero-order valence-corrected chi connectivity index (χ0v) is 14.3. The Bertz CT molecular complexity index is 769. The van der Waals surface area contributed by atoms with Crippen LogP contribution in [0.4, 0.5) is 11.5 Å². The standard InChI is InChI=1S/C17H18N4O2S/c1-3-23-17-13(10-18)14(19)9-15(21-17)20-16(22)8-11-4-6-12(24-2)7-5-11/h4-7,9H,3,8H2,1-2H3,(H3,19,20,21,22). The number of nitrogens with zero attached hydrogens (tertiary/aromatic N) is 2. The van der Waals surface area contributed by atoms with Crippen LogP contribution in [0.25, 0.3) is 0 Å². The van der Waals surface area contributed by atoms with Gasteiger partial charge in [-0.1, -0.05) is 12.1 Å². The summed E-state index contributed by atoms with van der Waals surface area (Å²) in [6.45, 7) is 2.13. The van der Waals surface area contributed by atoms with Crippen LogP contribution in [-0.4, -0.2) is 23.8 Å². The first-order valence-corrected chi connectivity index (χ1v) is 8.56. The fourth-order valence-corrected chi connectivity index (χ4v) is 2.48. The quantitative estimate of drug-likeness (QED) is 0.783. The molecular formula is C17H18N4O2S. The highest BCUT2D eigenvalue weighted by molar-refractivity contribution is 7.98. The van der Waals surface area contributed by atoms with Crippen molar-refractivity contribution in [2.75, 3.05) is 23.9 Å². The van der Waals surface area contributed by atoms with Crippen LogP contribution in [-0.2, 0) is 11.2 Å². The van der Waals surface area contributed by atoms with Crippen LogP contribution in [0.1, 0.15) is 18.1 Å². The van der Waals surface area contributed by atoms with Gasteiger partial charge in [0.25, 0.3) is 0 Å². The van der Waals surface area contributed by atoms with Crippen molar-refractivity contribution >= 4 is 29.2 Å². The number of nitrogens with one attached hydrogen (secondary N) is 1. The molecular weight excluding hydrogens is 324 g/mol. The Morgan fingerprint density at radius 2 is 2.12 bits per heavy atom. The first-order valence-electron chi connectivity index (χ1n) is 7.33. The molecule has 2 aromatic rings. The molecule has 0 aliphatic carbocycles. The third-order valence-electron chi connectivity index (χ3n) is 3.20. The van der Waals surface area contributed by atoms with Crippen molar-refractivity contribution in [1.82, 2.24) is 4.98 Å². The number of carbonyl (C=O) groups excluding carboxylic acids is 1. The monoisotopic (exact) mass is 342 g/mol. The molecule has 0 atom stereocenters. The zero-order chi connectivity index (χ0) is 17.5. The van der Waals surface area contributed by atoms with Crippen molar-refractivity contribution < 1.29 is 9.53 Å². The van der Waals surface area contributed by atoms with Crippen LogP contribution in [0.3, 0.4) is 0 Å². The van der Waals surface area contributed by atoms with E-state index < -0.39 is 0 Å². The number of hydrogen-bond donors (Lipinski definition) is 2. The van der Waals surface area contributed by atoms with Gasteiger partial charge in [0.15, 0.2) is 0 Å². The van der Waals surface area contributed by atoms with Crippen molar-refractivity contribution in [2.24, 2.45) is 0 Å². The molecule has 2 rings (SSSR count). The molecule has 1 aromatic carbocycles.